The Balaban J connectivity index is 0. The molecular formula is H2I3OTa. The minimum atomic E-state index is -0.683. The Morgan fingerprint density at radius 3 is 1.00 bits per heavy atom. The van der Waals surface area contributed by atoms with Gasteiger partial charge in [-0.1, -0.05) is 0 Å². The van der Waals surface area contributed by atoms with Crippen LogP contribution in [0.25, 0.3) is 0 Å². The quantitative estimate of drug-likeness (QED) is 0.393. The molecule has 0 aromatic rings. The summed E-state index contributed by atoms with van der Waals surface area (Å²) in [4.78, 5) is 0. The van der Waals surface area contributed by atoms with Crippen LogP contribution < -0.4 is 0 Å². The van der Waals surface area contributed by atoms with E-state index < -0.39 is 6.99 Å². The average molecular weight is 580 g/mol. The maximum absolute atomic E-state index is 2.52. The molecule has 0 aromatic heterocycles. The molecule has 0 aliphatic carbocycles. The molecule has 0 amide bonds. The van der Waals surface area contributed by atoms with Gasteiger partial charge < -0.3 is 5.48 Å². The summed E-state index contributed by atoms with van der Waals surface area (Å²) in [6.07, 6.45) is 0. The summed E-state index contributed by atoms with van der Waals surface area (Å²) < 4.78 is 0. The van der Waals surface area contributed by atoms with Crippen LogP contribution in [0.15, 0.2) is 0 Å². The fourth-order valence-electron chi connectivity index (χ4n) is 0. The van der Waals surface area contributed by atoms with Crippen LogP contribution in [-0.2, 0) is 6.99 Å². The van der Waals surface area contributed by atoms with E-state index in [1.807, 2.05) is 0 Å². The van der Waals surface area contributed by atoms with E-state index in [9.17, 15) is 0 Å². The van der Waals surface area contributed by atoms with E-state index in [1.54, 1.807) is 0 Å². The molecule has 0 saturated heterocycles. The molecule has 0 aliphatic heterocycles. The van der Waals surface area contributed by atoms with Crippen LogP contribution >= 0.6 is 57.1 Å². The van der Waals surface area contributed by atoms with Gasteiger partial charge in [-0.15, -0.1) is 0 Å². The van der Waals surface area contributed by atoms with E-state index in [2.05, 4.69) is 57.1 Å². The molecule has 0 unspecified atom stereocenters. The zero-order chi connectivity index (χ0) is 3.58. The van der Waals surface area contributed by atoms with E-state index in [1.165, 1.54) is 0 Å². The minimum absolute atomic E-state index is 0. The predicted octanol–water partition coefficient (Wildman–Crippen LogP) is 1.83. The van der Waals surface area contributed by atoms with Gasteiger partial charge in [-0.2, -0.15) is 0 Å². The van der Waals surface area contributed by atoms with Gasteiger partial charge in [0.15, 0.2) is 0 Å². The van der Waals surface area contributed by atoms with Crippen molar-refractivity contribution in [1.82, 2.24) is 0 Å². The van der Waals surface area contributed by atoms with E-state index in [-0.39, 0.29) is 5.48 Å². The van der Waals surface area contributed by atoms with Gasteiger partial charge in [0.25, 0.3) is 0 Å². The molecule has 0 bridgehead atoms. The van der Waals surface area contributed by atoms with Crippen molar-refractivity contribution in [3.05, 3.63) is 0 Å². The maximum atomic E-state index is 2.52. The van der Waals surface area contributed by atoms with Crippen LogP contribution in [-0.4, -0.2) is 5.48 Å². The topological polar surface area (TPSA) is 31.5 Å². The Kier molecular flexibility index (Phi) is 14.9. The number of hydrogen-bond acceptors (Lipinski definition) is 0. The Hall–Kier alpha value is 2.89. The van der Waals surface area contributed by atoms with E-state index in [0.717, 1.165) is 0 Å². The fourth-order valence-corrected chi connectivity index (χ4v) is 0. The first kappa shape index (κ1) is 10.8. The second-order valence-electron chi connectivity index (χ2n) is 0.192. The van der Waals surface area contributed by atoms with Crippen LogP contribution in [0.1, 0.15) is 0 Å². The van der Waals surface area contributed by atoms with Crippen molar-refractivity contribution in [1.29, 1.82) is 0 Å². The zero-order valence-electron chi connectivity index (χ0n) is 2.08. The predicted molar refractivity (Wildman–Crippen MR) is 45.7 cm³/mol. The molecular weight excluding hydrogens is 578 g/mol. The summed E-state index contributed by atoms with van der Waals surface area (Å²) >= 11 is 7.56. The second kappa shape index (κ2) is 6.89. The SMILES string of the molecule is O.[I][Ta]([I])[I]. The zero-order valence-corrected chi connectivity index (χ0v) is 11.8. The van der Waals surface area contributed by atoms with E-state index in [4.69, 9.17) is 0 Å². The summed E-state index contributed by atoms with van der Waals surface area (Å²) in [5.41, 5.74) is 0. The summed E-state index contributed by atoms with van der Waals surface area (Å²) in [5.74, 6) is 0. The van der Waals surface area contributed by atoms with Gasteiger partial charge in [0.05, 0.1) is 0 Å². The Morgan fingerprint density at radius 2 is 1.00 bits per heavy atom. The van der Waals surface area contributed by atoms with Gasteiger partial charge >= 0.3 is 64.1 Å². The van der Waals surface area contributed by atoms with Crippen molar-refractivity contribution in [2.45, 2.75) is 0 Å². The van der Waals surface area contributed by atoms with Crippen molar-refractivity contribution in [2.75, 3.05) is 0 Å². The molecule has 2 N–H and O–H groups in total. The van der Waals surface area contributed by atoms with Gasteiger partial charge in [-0.3, -0.25) is 0 Å². The molecule has 0 aromatic carbocycles. The van der Waals surface area contributed by atoms with Crippen molar-refractivity contribution < 1.29 is 12.5 Å². The van der Waals surface area contributed by atoms with E-state index >= 15 is 0 Å². The third-order valence-electron chi connectivity index (χ3n) is 0. The van der Waals surface area contributed by atoms with Gasteiger partial charge in [0, 0.05) is 0 Å². The van der Waals surface area contributed by atoms with E-state index in [0.29, 0.717) is 0 Å². The van der Waals surface area contributed by atoms with Gasteiger partial charge in [-0.05, 0) is 0 Å². The molecule has 34 valence electrons. The Labute approximate surface area is 67.7 Å². The molecule has 0 fully saturated rings. The molecule has 0 atom stereocenters. The standard InChI is InChI=1S/3HI.H2O.Ta/h3*1H;1H2;/q;;;;+3/p-3. The van der Waals surface area contributed by atoms with Gasteiger partial charge in [0.2, 0.25) is 0 Å². The number of halogens is 3. The molecule has 0 heterocycles. The van der Waals surface area contributed by atoms with Crippen LogP contribution in [0.2, 0.25) is 0 Å². The molecule has 0 saturated carbocycles. The normalized spacial score (nSPS) is 7.20. The first-order chi connectivity index (χ1) is 1.73. The third kappa shape index (κ3) is 19.7. The molecule has 0 rings (SSSR count). The molecule has 5 heavy (non-hydrogen) atoms. The fraction of sp³-hybridized carbons (Fsp3) is 0. The Morgan fingerprint density at radius 1 is 1.00 bits per heavy atom. The van der Waals surface area contributed by atoms with Gasteiger partial charge in [0.1, 0.15) is 0 Å². The number of hydrogen-bond donors (Lipinski definition) is 0. The van der Waals surface area contributed by atoms with Crippen LogP contribution in [0.4, 0.5) is 0 Å². The summed E-state index contributed by atoms with van der Waals surface area (Å²) in [5, 5.41) is 0. The molecule has 0 spiro atoms. The first-order valence-electron chi connectivity index (χ1n) is 0.507. The molecule has 1 nitrogen and oxygen atoms in total. The number of rotatable bonds is 0. The monoisotopic (exact) mass is 580 g/mol. The van der Waals surface area contributed by atoms with Crippen molar-refractivity contribution in [3.8, 4) is 0 Å². The van der Waals surface area contributed by atoms with Crippen molar-refractivity contribution in [3.63, 3.8) is 0 Å². The Bertz CT molecular complexity index is 11.6. The third-order valence-corrected chi connectivity index (χ3v) is 0. The summed E-state index contributed by atoms with van der Waals surface area (Å²) in [6.45, 7) is -0.683. The van der Waals surface area contributed by atoms with Crippen molar-refractivity contribution >= 4 is 57.1 Å². The van der Waals surface area contributed by atoms with Gasteiger partial charge in [-0.25, -0.2) is 0 Å². The van der Waals surface area contributed by atoms with Crippen LogP contribution in [0.3, 0.4) is 0 Å². The summed E-state index contributed by atoms with van der Waals surface area (Å²) in [6, 6.07) is 0. The molecule has 0 aliphatic rings. The average Bonchev–Trinajstić information content (AvgIpc) is 0.811. The molecule has 5 heteroatoms. The summed E-state index contributed by atoms with van der Waals surface area (Å²) in [7, 11) is 0. The second-order valence-corrected chi connectivity index (χ2v) is 70.6. The molecule has 0 radical (unpaired) electrons. The van der Waals surface area contributed by atoms with Crippen LogP contribution in [0.5, 0.6) is 0 Å². The van der Waals surface area contributed by atoms with Crippen molar-refractivity contribution in [2.24, 2.45) is 0 Å². The van der Waals surface area contributed by atoms with Crippen LogP contribution in [0, 0.1) is 0 Å². The first-order valence-corrected chi connectivity index (χ1v) is 27.8.